The van der Waals surface area contributed by atoms with Crippen LogP contribution in [0.1, 0.15) is 38.2 Å². The maximum absolute atomic E-state index is 13.8. The molecule has 7 N–H and O–H groups in total. The van der Waals surface area contributed by atoms with E-state index in [0.717, 1.165) is 5.56 Å². The number of likely N-dealkylation sites (tertiary alicyclic amines) is 2. The Labute approximate surface area is 204 Å². The van der Waals surface area contributed by atoms with Crippen LogP contribution in [-0.2, 0) is 25.6 Å². The smallest absolute Gasteiger partial charge is 0.247 e. The van der Waals surface area contributed by atoms with E-state index in [4.69, 9.17) is 11.5 Å². The van der Waals surface area contributed by atoms with Crippen molar-refractivity contribution in [2.24, 2.45) is 11.5 Å². The van der Waals surface area contributed by atoms with Crippen molar-refractivity contribution >= 4 is 23.6 Å². The molecule has 1 aromatic rings. The van der Waals surface area contributed by atoms with Crippen molar-refractivity contribution in [1.82, 2.24) is 15.1 Å². The molecule has 0 radical (unpaired) electrons. The Bertz CT molecular complexity index is 942. The molecule has 0 saturated carbocycles. The quantitative estimate of drug-likeness (QED) is 0.273. The largest absolute Gasteiger partial charge is 0.394 e. The van der Waals surface area contributed by atoms with Crippen LogP contribution < -0.4 is 16.8 Å². The van der Waals surface area contributed by atoms with Gasteiger partial charge in [-0.15, -0.1) is 0 Å². The van der Waals surface area contributed by atoms with E-state index in [1.54, 1.807) is 0 Å². The summed E-state index contributed by atoms with van der Waals surface area (Å²) in [5.41, 5.74) is 10.6. The molecule has 5 atom stereocenters. The molecule has 2 fully saturated rings. The summed E-state index contributed by atoms with van der Waals surface area (Å²) >= 11 is 0. The van der Waals surface area contributed by atoms with Crippen molar-refractivity contribution < 1.29 is 29.4 Å². The number of nitrogens with two attached hydrogens (primary N) is 2. The summed E-state index contributed by atoms with van der Waals surface area (Å²) in [6.07, 6.45) is 0.851. The van der Waals surface area contributed by atoms with Crippen molar-refractivity contribution in [3.8, 4) is 0 Å². The van der Waals surface area contributed by atoms with E-state index in [1.165, 1.54) is 16.7 Å². The van der Waals surface area contributed by atoms with Gasteiger partial charge in [0.05, 0.1) is 12.7 Å². The van der Waals surface area contributed by atoms with Gasteiger partial charge in [-0.3, -0.25) is 19.2 Å². The molecule has 2 saturated heterocycles. The van der Waals surface area contributed by atoms with Crippen molar-refractivity contribution in [2.45, 2.75) is 68.8 Å². The van der Waals surface area contributed by atoms with Gasteiger partial charge in [-0.2, -0.15) is 0 Å². The van der Waals surface area contributed by atoms with Crippen LogP contribution in [0.5, 0.6) is 0 Å². The van der Waals surface area contributed by atoms with Crippen molar-refractivity contribution in [2.75, 3.05) is 19.7 Å². The molecule has 4 amide bonds. The first-order valence-corrected chi connectivity index (χ1v) is 11.9. The number of carbonyl (C=O) groups is 4. The third kappa shape index (κ3) is 5.47. The zero-order valence-corrected chi connectivity index (χ0v) is 19.9. The van der Waals surface area contributed by atoms with Gasteiger partial charge < -0.3 is 36.8 Å². The normalized spacial score (nSPS) is 24.6. The number of nitrogens with one attached hydrogen (secondary N) is 1. The number of hydrogen-bond donors (Lipinski definition) is 5. The molecule has 35 heavy (non-hydrogen) atoms. The highest BCUT2D eigenvalue weighted by atomic mass is 16.3. The maximum Gasteiger partial charge on any atom is 0.247 e. The molecule has 2 heterocycles. The topological polar surface area (TPSA) is 179 Å². The SMILES string of the molecule is C[C@@H](O)[C@@H](NC(=O)C1(Cc2ccccc2)CCCN1C(=O)C1CCCN1C(=O)C(N)CO)C(N)=O. The lowest BCUT2D eigenvalue weighted by atomic mass is 9.86. The predicted molar refractivity (Wildman–Crippen MR) is 126 cm³/mol. The van der Waals surface area contributed by atoms with Crippen molar-refractivity contribution in [3.05, 3.63) is 35.9 Å². The highest BCUT2D eigenvalue weighted by Crippen LogP contribution is 2.36. The number of hydrogen-bond acceptors (Lipinski definition) is 7. The van der Waals surface area contributed by atoms with E-state index < -0.39 is 54.1 Å². The van der Waals surface area contributed by atoms with Gasteiger partial charge in [-0.25, -0.2) is 0 Å². The Morgan fingerprint density at radius 2 is 1.86 bits per heavy atom. The molecule has 3 unspecified atom stereocenters. The summed E-state index contributed by atoms with van der Waals surface area (Å²) in [5, 5.41) is 21.9. The lowest BCUT2D eigenvalue weighted by Crippen LogP contribution is -2.65. The van der Waals surface area contributed by atoms with Crippen LogP contribution in [0.3, 0.4) is 0 Å². The Morgan fingerprint density at radius 1 is 1.17 bits per heavy atom. The molecular weight excluding hydrogens is 454 g/mol. The van der Waals surface area contributed by atoms with E-state index >= 15 is 0 Å². The molecule has 0 spiro atoms. The average Bonchev–Trinajstić information content (AvgIpc) is 3.49. The highest BCUT2D eigenvalue weighted by Gasteiger charge is 2.53. The number of rotatable bonds is 9. The van der Waals surface area contributed by atoms with Crippen LogP contribution in [0.25, 0.3) is 0 Å². The van der Waals surface area contributed by atoms with E-state index in [1.807, 2.05) is 30.3 Å². The molecule has 2 aliphatic heterocycles. The fraction of sp³-hybridized carbons (Fsp3) is 0.583. The molecule has 3 rings (SSSR count). The van der Waals surface area contributed by atoms with Crippen LogP contribution in [0.2, 0.25) is 0 Å². The molecule has 11 heteroatoms. The second kappa shape index (κ2) is 11.1. The molecule has 192 valence electrons. The Morgan fingerprint density at radius 3 is 2.46 bits per heavy atom. The van der Waals surface area contributed by atoms with Crippen LogP contribution in [0, 0.1) is 0 Å². The van der Waals surface area contributed by atoms with Crippen molar-refractivity contribution in [1.29, 1.82) is 0 Å². The number of nitrogens with zero attached hydrogens (tertiary/aromatic N) is 2. The Hall–Kier alpha value is -3.02. The first-order valence-electron chi connectivity index (χ1n) is 11.9. The van der Waals surface area contributed by atoms with E-state index in [2.05, 4.69) is 5.32 Å². The molecule has 0 aromatic heterocycles. The van der Waals surface area contributed by atoms with Crippen LogP contribution in [0.15, 0.2) is 30.3 Å². The molecule has 11 nitrogen and oxygen atoms in total. The Kier molecular flexibility index (Phi) is 8.47. The number of amides is 4. The van der Waals surface area contributed by atoms with Crippen LogP contribution in [-0.4, -0.2) is 93.1 Å². The molecule has 1 aromatic carbocycles. The first-order chi connectivity index (χ1) is 16.6. The van der Waals surface area contributed by atoms with Gasteiger partial charge in [0, 0.05) is 19.5 Å². The maximum atomic E-state index is 13.8. The summed E-state index contributed by atoms with van der Waals surface area (Å²) in [6, 6.07) is 5.96. The van der Waals surface area contributed by atoms with Crippen molar-refractivity contribution in [3.63, 3.8) is 0 Å². The second-order valence-electron chi connectivity index (χ2n) is 9.36. The number of benzene rings is 1. The van der Waals surface area contributed by atoms with Gasteiger partial charge in [0.15, 0.2) is 0 Å². The standard InChI is InChI=1S/C24H35N5O6/c1-15(31)19(20(26)32)27-23(35)24(13-16-7-3-2-4-8-16)10-6-12-29(24)22(34)18-9-5-11-28(18)21(33)17(25)14-30/h2-4,7-8,15,17-19,30-31H,5-6,9-14,25H2,1H3,(H2,26,32)(H,27,35)/t15-,17?,18?,19-,24?/m1/s1. The summed E-state index contributed by atoms with van der Waals surface area (Å²) < 4.78 is 0. The summed E-state index contributed by atoms with van der Waals surface area (Å²) in [7, 11) is 0. The van der Waals surface area contributed by atoms with Crippen LogP contribution in [0.4, 0.5) is 0 Å². The Balaban J connectivity index is 1.96. The van der Waals surface area contributed by atoms with E-state index in [9.17, 15) is 29.4 Å². The van der Waals surface area contributed by atoms with Gasteiger partial charge >= 0.3 is 0 Å². The minimum absolute atomic E-state index is 0.188. The zero-order valence-electron chi connectivity index (χ0n) is 19.9. The number of carbonyl (C=O) groups excluding carboxylic acids is 4. The van der Waals surface area contributed by atoms with Gasteiger partial charge in [0.2, 0.25) is 23.6 Å². The van der Waals surface area contributed by atoms with Gasteiger partial charge in [0.1, 0.15) is 23.7 Å². The third-order valence-corrected chi connectivity index (χ3v) is 6.93. The average molecular weight is 490 g/mol. The lowest BCUT2D eigenvalue weighted by molar-refractivity contribution is -0.152. The van der Waals surface area contributed by atoms with Gasteiger partial charge in [0.25, 0.3) is 0 Å². The zero-order chi connectivity index (χ0) is 25.8. The van der Waals surface area contributed by atoms with E-state index in [-0.39, 0.29) is 12.3 Å². The van der Waals surface area contributed by atoms with Gasteiger partial charge in [-0.1, -0.05) is 30.3 Å². The summed E-state index contributed by atoms with van der Waals surface area (Å²) in [6.45, 7) is 1.44. The number of aliphatic hydroxyl groups is 2. The third-order valence-electron chi connectivity index (χ3n) is 6.93. The molecule has 0 bridgehead atoms. The van der Waals surface area contributed by atoms with Crippen LogP contribution >= 0.6 is 0 Å². The van der Waals surface area contributed by atoms with E-state index in [0.29, 0.717) is 38.8 Å². The summed E-state index contributed by atoms with van der Waals surface area (Å²) in [4.78, 5) is 55.0. The first kappa shape index (κ1) is 26.6. The molecule has 2 aliphatic rings. The monoisotopic (exact) mass is 489 g/mol. The summed E-state index contributed by atoms with van der Waals surface area (Å²) in [5.74, 6) is -2.36. The highest BCUT2D eigenvalue weighted by molar-refractivity contribution is 5.98. The minimum atomic E-state index is -1.34. The molecular formula is C24H35N5O6. The number of aliphatic hydroxyl groups excluding tert-OH is 2. The van der Waals surface area contributed by atoms with Gasteiger partial charge in [-0.05, 0) is 38.2 Å². The number of primary amides is 1. The minimum Gasteiger partial charge on any atom is -0.394 e. The molecule has 0 aliphatic carbocycles. The fourth-order valence-electron chi connectivity index (χ4n) is 5.10. The predicted octanol–water partition coefficient (Wildman–Crippen LogP) is -1.75. The fourth-order valence-corrected chi connectivity index (χ4v) is 5.10. The lowest BCUT2D eigenvalue weighted by Gasteiger charge is -2.41. The second-order valence-corrected chi connectivity index (χ2v) is 9.36.